The van der Waals surface area contributed by atoms with Crippen molar-refractivity contribution < 1.29 is 5.11 Å². The van der Waals surface area contributed by atoms with Crippen LogP contribution in [0.15, 0.2) is 49.1 Å². The summed E-state index contributed by atoms with van der Waals surface area (Å²) in [6, 6.07) is 10.9. The van der Waals surface area contributed by atoms with Crippen molar-refractivity contribution in [3.05, 3.63) is 54.6 Å². The van der Waals surface area contributed by atoms with Gasteiger partial charge >= 0.3 is 0 Å². The first-order chi connectivity index (χ1) is 8.20. The van der Waals surface area contributed by atoms with Gasteiger partial charge in [-0.2, -0.15) is 0 Å². The molecule has 0 unspecified atom stereocenters. The van der Waals surface area contributed by atoms with Crippen LogP contribution >= 0.6 is 0 Å². The SMILES string of the molecule is C=CCc1cc(-c2cccc(N)n2)ccc1O. The second-order valence-corrected chi connectivity index (χ2v) is 3.78. The van der Waals surface area contributed by atoms with Crippen LogP contribution in [0.1, 0.15) is 5.56 Å². The normalized spacial score (nSPS) is 10.1. The van der Waals surface area contributed by atoms with Gasteiger partial charge in [0, 0.05) is 5.56 Å². The Morgan fingerprint density at radius 3 is 2.82 bits per heavy atom. The lowest BCUT2D eigenvalue weighted by Crippen LogP contribution is -1.92. The van der Waals surface area contributed by atoms with Crippen molar-refractivity contribution in [3.8, 4) is 17.0 Å². The Balaban J connectivity index is 2.46. The molecule has 2 aromatic rings. The fraction of sp³-hybridized carbons (Fsp3) is 0.0714. The van der Waals surface area contributed by atoms with Crippen molar-refractivity contribution in [2.24, 2.45) is 0 Å². The fourth-order valence-corrected chi connectivity index (χ4v) is 1.68. The molecule has 0 amide bonds. The summed E-state index contributed by atoms with van der Waals surface area (Å²) in [4.78, 5) is 4.24. The minimum atomic E-state index is 0.276. The Morgan fingerprint density at radius 1 is 1.29 bits per heavy atom. The van der Waals surface area contributed by atoms with Crippen molar-refractivity contribution in [2.45, 2.75) is 6.42 Å². The summed E-state index contributed by atoms with van der Waals surface area (Å²) in [7, 11) is 0. The number of nitrogens with zero attached hydrogens (tertiary/aromatic N) is 1. The van der Waals surface area contributed by atoms with Crippen LogP contribution in [0, 0.1) is 0 Å². The lowest BCUT2D eigenvalue weighted by atomic mass is 10.0. The molecule has 0 aliphatic heterocycles. The van der Waals surface area contributed by atoms with E-state index in [9.17, 15) is 5.11 Å². The monoisotopic (exact) mass is 226 g/mol. The van der Waals surface area contributed by atoms with Crippen molar-refractivity contribution in [1.82, 2.24) is 4.98 Å². The predicted molar refractivity (Wildman–Crippen MR) is 69.7 cm³/mol. The van der Waals surface area contributed by atoms with E-state index in [1.54, 1.807) is 18.2 Å². The minimum absolute atomic E-state index is 0.276. The number of pyridine rings is 1. The van der Waals surface area contributed by atoms with Crippen LogP contribution < -0.4 is 5.73 Å². The van der Waals surface area contributed by atoms with Gasteiger partial charge in [-0.15, -0.1) is 6.58 Å². The van der Waals surface area contributed by atoms with E-state index in [2.05, 4.69) is 11.6 Å². The van der Waals surface area contributed by atoms with Crippen molar-refractivity contribution in [1.29, 1.82) is 0 Å². The van der Waals surface area contributed by atoms with Crippen molar-refractivity contribution in [2.75, 3.05) is 5.73 Å². The molecule has 17 heavy (non-hydrogen) atoms. The van der Waals surface area contributed by atoms with Crippen LogP contribution in [0.2, 0.25) is 0 Å². The number of hydrogen-bond acceptors (Lipinski definition) is 3. The van der Waals surface area contributed by atoms with Crippen LogP contribution in [0.25, 0.3) is 11.3 Å². The van der Waals surface area contributed by atoms with Crippen LogP contribution in [0.5, 0.6) is 5.75 Å². The van der Waals surface area contributed by atoms with E-state index < -0.39 is 0 Å². The van der Waals surface area contributed by atoms with Crippen molar-refractivity contribution >= 4 is 5.82 Å². The molecule has 0 bridgehead atoms. The van der Waals surface area contributed by atoms with Crippen LogP contribution in [0.4, 0.5) is 5.82 Å². The van der Waals surface area contributed by atoms with Crippen LogP contribution in [-0.2, 0) is 6.42 Å². The van der Waals surface area contributed by atoms with Gasteiger partial charge in [-0.05, 0) is 42.3 Å². The summed E-state index contributed by atoms with van der Waals surface area (Å²) in [6.07, 6.45) is 2.38. The lowest BCUT2D eigenvalue weighted by molar-refractivity contribution is 0.470. The summed E-state index contributed by atoms with van der Waals surface area (Å²) in [5.74, 6) is 0.762. The number of phenols is 1. The quantitative estimate of drug-likeness (QED) is 0.791. The molecule has 0 aliphatic carbocycles. The number of allylic oxidation sites excluding steroid dienone is 1. The zero-order valence-corrected chi connectivity index (χ0v) is 9.43. The molecule has 86 valence electrons. The number of anilines is 1. The molecule has 3 N–H and O–H groups in total. The molecule has 0 spiro atoms. The highest BCUT2D eigenvalue weighted by atomic mass is 16.3. The van der Waals surface area contributed by atoms with E-state index in [-0.39, 0.29) is 5.75 Å². The number of aromatic nitrogens is 1. The van der Waals surface area contributed by atoms with Gasteiger partial charge in [0.25, 0.3) is 0 Å². The molecule has 1 aromatic carbocycles. The van der Waals surface area contributed by atoms with Gasteiger partial charge < -0.3 is 10.8 Å². The average Bonchev–Trinajstić information content (AvgIpc) is 2.32. The lowest BCUT2D eigenvalue weighted by Gasteiger charge is -2.06. The molecular formula is C14H14N2O. The Labute approximate surface area is 100 Å². The Kier molecular flexibility index (Phi) is 3.10. The van der Waals surface area contributed by atoms with Gasteiger partial charge in [-0.3, -0.25) is 0 Å². The van der Waals surface area contributed by atoms with E-state index >= 15 is 0 Å². The summed E-state index contributed by atoms with van der Waals surface area (Å²) in [5, 5.41) is 9.67. The molecule has 0 aliphatic rings. The number of nitrogens with two attached hydrogens (primary N) is 1. The first-order valence-corrected chi connectivity index (χ1v) is 5.36. The van der Waals surface area contributed by atoms with E-state index in [0.717, 1.165) is 16.8 Å². The number of hydrogen-bond donors (Lipinski definition) is 2. The fourth-order valence-electron chi connectivity index (χ4n) is 1.68. The molecule has 0 fully saturated rings. The van der Waals surface area contributed by atoms with Gasteiger partial charge in [0.1, 0.15) is 11.6 Å². The standard InChI is InChI=1S/C14H14N2O/c1-2-4-11-9-10(7-8-13(11)17)12-5-3-6-14(15)16-12/h2-3,5-9,17H,1,4H2,(H2,15,16). The minimum Gasteiger partial charge on any atom is -0.508 e. The average molecular weight is 226 g/mol. The number of phenolic OH excluding ortho intramolecular Hbond substituents is 1. The highest BCUT2D eigenvalue weighted by molar-refractivity contribution is 5.63. The molecule has 0 atom stereocenters. The maximum absolute atomic E-state index is 9.67. The number of rotatable bonds is 3. The van der Waals surface area contributed by atoms with E-state index in [4.69, 9.17) is 5.73 Å². The van der Waals surface area contributed by atoms with Crippen molar-refractivity contribution in [3.63, 3.8) is 0 Å². The topological polar surface area (TPSA) is 59.1 Å². The molecule has 2 rings (SSSR count). The summed E-state index contributed by atoms with van der Waals surface area (Å²) < 4.78 is 0. The van der Waals surface area contributed by atoms with Crippen LogP contribution in [0.3, 0.4) is 0 Å². The summed E-state index contributed by atoms with van der Waals surface area (Å²) in [5.41, 5.74) is 8.22. The van der Waals surface area contributed by atoms with Gasteiger partial charge in [0.15, 0.2) is 0 Å². The molecule has 1 heterocycles. The Bertz CT molecular complexity index is 550. The zero-order chi connectivity index (χ0) is 12.3. The zero-order valence-electron chi connectivity index (χ0n) is 9.43. The largest absolute Gasteiger partial charge is 0.508 e. The predicted octanol–water partition coefficient (Wildman–Crippen LogP) is 2.76. The first kappa shape index (κ1) is 11.2. The number of nitrogen functional groups attached to an aromatic ring is 1. The third-order valence-electron chi connectivity index (χ3n) is 2.51. The maximum Gasteiger partial charge on any atom is 0.124 e. The van der Waals surface area contributed by atoms with E-state index in [1.807, 2.05) is 24.3 Å². The molecule has 3 heteroatoms. The maximum atomic E-state index is 9.67. The Hall–Kier alpha value is -2.29. The summed E-state index contributed by atoms with van der Waals surface area (Å²) >= 11 is 0. The Morgan fingerprint density at radius 2 is 2.12 bits per heavy atom. The van der Waals surface area contributed by atoms with Crippen LogP contribution in [-0.4, -0.2) is 10.1 Å². The number of benzene rings is 1. The second kappa shape index (κ2) is 4.70. The molecule has 0 saturated carbocycles. The van der Waals surface area contributed by atoms with E-state index in [1.165, 1.54) is 0 Å². The van der Waals surface area contributed by atoms with Gasteiger partial charge in [-0.1, -0.05) is 12.1 Å². The molecule has 3 nitrogen and oxygen atoms in total. The molecule has 0 radical (unpaired) electrons. The summed E-state index contributed by atoms with van der Waals surface area (Å²) in [6.45, 7) is 3.67. The van der Waals surface area contributed by atoms with Gasteiger partial charge in [0.05, 0.1) is 5.69 Å². The third kappa shape index (κ3) is 2.45. The number of aromatic hydroxyl groups is 1. The highest BCUT2D eigenvalue weighted by Gasteiger charge is 2.04. The van der Waals surface area contributed by atoms with Gasteiger partial charge in [-0.25, -0.2) is 4.98 Å². The second-order valence-electron chi connectivity index (χ2n) is 3.78. The molecule has 0 saturated heterocycles. The smallest absolute Gasteiger partial charge is 0.124 e. The first-order valence-electron chi connectivity index (χ1n) is 5.36. The molecular weight excluding hydrogens is 212 g/mol. The highest BCUT2D eigenvalue weighted by Crippen LogP contribution is 2.25. The third-order valence-corrected chi connectivity index (χ3v) is 2.51. The molecule has 1 aromatic heterocycles. The van der Waals surface area contributed by atoms with E-state index in [0.29, 0.717) is 12.2 Å². The van der Waals surface area contributed by atoms with Gasteiger partial charge in [0.2, 0.25) is 0 Å².